The lowest BCUT2D eigenvalue weighted by Crippen LogP contribution is -1.95. The molecule has 3 aromatic rings. The van der Waals surface area contributed by atoms with Crippen molar-refractivity contribution in [3.8, 4) is 5.75 Å². The molecular weight excluding hydrogens is 315 g/mol. The molecule has 23 heavy (non-hydrogen) atoms. The molecule has 0 aliphatic carbocycles. The van der Waals surface area contributed by atoms with Gasteiger partial charge in [0.05, 0.1) is 0 Å². The molecule has 0 N–H and O–H groups in total. The van der Waals surface area contributed by atoms with Crippen molar-refractivity contribution in [3.05, 3.63) is 71.4 Å². The zero-order valence-corrected chi connectivity index (χ0v) is 13.3. The maximum Gasteiger partial charge on any atom is 0.277 e. The van der Waals surface area contributed by atoms with Crippen LogP contribution in [0.4, 0.5) is 4.39 Å². The Bertz CT molecular complexity index is 774. The molecule has 118 valence electrons. The summed E-state index contributed by atoms with van der Waals surface area (Å²) in [5, 5.41) is 8.26. The molecule has 0 radical (unpaired) electrons. The highest BCUT2D eigenvalue weighted by molar-refractivity contribution is 7.98. The van der Waals surface area contributed by atoms with E-state index in [0.29, 0.717) is 22.4 Å². The number of rotatable bonds is 6. The van der Waals surface area contributed by atoms with Crippen molar-refractivity contribution in [3.63, 3.8) is 0 Å². The SMILES string of the molecule is Cc1ccc(OCc2nnc(SCc3ccccc3F)o2)cc1. The summed E-state index contributed by atoms with van der Waals surface area (Å²) in [6, 6.07) is 14.4. The first kappa shape index (κ1) is 15.6. The highest BCUT2D eigenvalue weighted by Gasteiger charge is 2.09. The van der Waals surface area contributed by atoms with Crippen molar-refractivity contribution < 1.29 is 13.5 Å². The molecule has 1 heterocycles. The van der Waals surface area contributed by atoms with Crippen molar-refractivity contribution in [1.29, 1.82) is 0 Å². The summed E-state index contributed by atoms with van der Waals surface area (Å²) in [6.45, 7) is 2.22. The van der Waals surface area contributed by atoms with Gasteiger partial charge in [-0.1, -0.05) is 47.7 Å². The van der Waals surface area contributed by atoms with Gasteiger partial charge in [-0.2, -0.15) is 0 Å². The Morgan fingerprint density at radius 1 is 1.09 bits per heavy atom. The van der Waals surface area contributed by atoms with Crippen LogP contribution < -0.4 is 4.74 Å². The minimum Gasteiger partial charge on any atom is -0.484 e. The molecule has 6 heteroatoms. The third kappa shape index (κ3) is 4.32. The zero-order valence-electron chi connectivity index (χ0n) is 12.5. The second-order valence-corrected chi connectivity index (χ2v) is 5.87. The normalized spacial score (nSPS) is 10.7. The van der Waals surface area contributed by atoms with E-state index in [9.17, 15) is 4.39 Å². The topological polar surface area (TPSA) is 48.2 Å². The summed E-state index contributed by atoms with van der Waals surface area (Å²) in [7, 11) is 0. The number of halogens is 1. The number of hydrogen-bond acceptors (Lipinski definition) is 5. The lowest BCUT2D eigenvalue weighted by atomic mass is 10.2. The predicted octanol–water partition coefficient (Wildman–Crippen LogP) is 4.39. The fourth-order valence-corrected chi connectivity index (χ4v) is 2.66. The van der Waals surface area contributed by atoms with Crippen LogP contribution in [-0.2, 0) is 12.4 Å². The summed E-state index contributed by atoms with van der Waals surface area (Å²) in [5.74, 6) is 1.34. The molecule has 2 aromatic carbocycles. The Hall–Kier alpha value is -2.34. The molecule has 0 aliphatic heterocycles. The van der Waals surface area contributed by atoms with Gasteiger partial charge in [0.15, 0.2) is 6.61 Å². The average Bonchev–Trinajstić information content (AvgIpc) is 3.02. The molecule has 0 atom stereocenters. The van der Waals surface area contributed by atoms with E-state index in [2.05, 4.69) is 10.2 Å². The van der Waals surface area contributed by atoms with Crippen molar-refractivity contribution in [2.24, 2.45) is 0 Å². The van der Waals surface area contributed by atoms with Gasteiger partial charge in [0.25, 0.3) is 11.1 Å². The number of aromatic nitrogens is 2. The van der Waals surface area contributed by atoms with Gasteiger partial charge in [0, 0.05) is 5.75 Å². The fraction of sp³-hybridized carbons (Fsp3) is 0.176. The average molecular weight is 330 g/mol. The molecule has 0 aliphatic rings. The first-order chi connectivity index (χ1) is 11.2. The van der Waals surface area contributed by atoms with E-state index < -0.39 is 0 Å². The van der Waals surface area contributed by atoms with Crippen LogP contribution in [-0.4, -0.2) is 10.2 Å². The van der Waals surface area contributed by atoms with Crippen molar-refractivity contribution in [2.75, 3.05) is 0 Å². The maximum absolute atomic E-state index is 13.5. The van der Waals surface area contributed by atoms with Crippen LogP contribution in [0.25, 0.3) is 0 Å². The Kier molecular flexibility index (Phi) is 4.92. The summed E-state index contributed by atoms with van der Waals surface area (Å²) in [4.78, 5) is 0. The number of hydrogen-bond donors (Lipinski definition) is 0. The van der Waals surface area contributed by atoms with E-state index in [0.717, 1.165) is 5.75 Å². The fourth-order valence-electron chi connectivity index (χ4n) is 1.89. The van der Waals surface area contributed by atoms with Crippen molar-refractivity contribution in [2.45, 2.75) is 24.5 Å². The standard InChI is InChI=1S/C17H15FN2O2S/c1-12-6-8-14(9-7-12)21-10-16-19-20-17(22-16)23-11-13-4-2-3-5-15(13)18/h2-9H,10-11H2,1H3. The number of nitrogens with zero attached hydrogens (tertiary/aromatic N) is 2. The third-order valence-electron chi connectivity index (χ3n) is 3.14. The van der Waals surface area contributed by atoms with Crippen LogP contribution in [0.2, 0.25) is 0 Å². The van der Waals surface area contributed by atoms with Gasteiger partial charge in [0.1, 0.15) is 11.6 Å². The number of benzene rings is 2. The summed E-state index contributed by atoms with van der Waals surface area (Å²) < 4.78 is 24.6. The lowest BCUT2D eigenvalue weighted by Gasteiger charge is -2.03. The summed E-state index contributed by atoms with van der Waals surface area (Å²) in [5.41, 5.74) is 1.77. The molecule has 0 saturated heterocycles. The van der Waals surface area contributed by atoms with E-state index >= 15 is 0 Å². The van der Waals surface area contributed by atoms with Gasteiger partial charge in [-0.3, -0.25) is 0 Å². The van der Waals surface area contributed by atoms with Gasteiger partial charge in [-0.05, 0) is 30.7 Å². The third-order valence-corrected chi connectivity index (χ3v) is 4.01. The Morgan fingerprint density at radius 3 is 2.65 bits per heavy atom. The Balaban J connectivity index is 1.53. The second-order valence-electron chi connectivity index (χ2n) is 4.94. The monoisotopic (exact) mass is 330 g/mol. The van der Waals surface area contributed by atoms with Crippen LogP contribution in [0.3, 0.4) is 0 Å². The summed E-state index contributed by atoms with van der Waals surface area (Å²) in [6.07, 6.45) is 0. The van der Waals surface area contributed by atoms with E-state index in [1.165, 1.54) is 23.4 Å². The predicted molar refractivity (Wildman–Crippen MR) is 85.8 cm³/mol. The molecule has 1 aromatic heterocycles. The highest BCUT2D eigenvalue weighted by Crippen LogP contribution is 2.23. The van der Waals surface area contributed by atoms with Crippen molar-refractivity contribution in [1.82, 2.24) is 10.2 Å². The summed E-state index contributed by atoms with van der Waals surface area (Å²) >= 11 is 1.30. The molecule has 0 unspecified atom stereocenters. The largest absolute Gasteiger partial charge is 0.484 e. The smallest absolute Gasteiger partial charge is 0.277 e. The molecule has 0 spiro atoms. The van der Waals surface area contributed by atoms with E-state index in [-0.39, 0.29) is 12.4 Å². The van der Waals surface area contributed by atoms with Gasteiger partial charge in [-0.25, -0.2) is 4.39 Å². The van der Waals surface area contributed by atoms with E-state index in [1.54, 1.807) is 18.2 Å². The van der Waals surface area contributed by atoms with Gasteiger partial charge in [-0.15, -0.1) is 10.2 Å². The molecule has 0 amide bonds. The molecule has 0 saturated carbocycles. The molecular formula is C17H15FN2O2S. The number of aryl methyl sites for hydroxylation is 1. The van der Waals surface area contributed by atoms with Crippen LogP contribution in [0.15, 0.2) is 58.2 Å². The molecule has 4 nitrogen and oxygen atoms in total. The minimum atomic E-state index is -0.234. The van der Waals surface area contributed by atoms with E-state index in [1.807, 2.05) is 31.2 Å². The van der Waals surface area contributed by atoms with Crippen LogP contribution in [0.1, 0.15) is 17.0 Å². The minimum absolute atomic E-state index is 0.205. The van der Waals surface area contributed by atoms with Gasteiger partial charge < -0.3 is 9.15 Å². The first-order valence-electron chi connectivity index (χ1n) is 7.09. The van der Waals surface area contributed by atoms with Gasteiger partial charge in [0.2, 0.25) is 0 Å². The van der Waals surface area contributed by atoms with Gasteiger partial charge >= 0.3 is 0 Å². The molecule has 0 bridgehead atoms. The van der Waals surface area contributed by atoms with E-state index in [4.69, 9.17) is 9.15 Å². The van der Waals surface area contributed by atoms with Crippen LogP contribution >= 0.6 is 11.8 Å². The molecule has 3 rings (SSSR count). The van der Waals surface area contributed by atoms with Crippen LogP contribution in [0.5, 0.6) is 5.75 Å². The number of ether oxygens (including phenoxy) is 1. The lowest BCUT2D eigenvalue weighted by molar-refractivity contribution is 0.252. The first-order valence-corrected chi connectivity index (χ1v) is 8.07. The highest BCUT2D eigenvalue weighted by atomic mass is 32.2. The molecule has 0 fully saturated rings. The Morgan fingerprint density at radius 2 is 1.87 bits per heavy atom. The number of thioether (sulfide) groups is 1. The second kappa shape index (κ2) is 7.28. The quantitative estimate of drug-likeness (QED) is 0.627. The Labute approximate surface area is 137 Å². The van der Waals surface area contributed by atoms with Crippen LogP contribution in [0, 0.1) is 12.7 Å². The maximum atomic E-state index is 13.5. The van der Waals surface area contributed by atoms with Crippen molar-refractivity contribution >= 4 is 11.8 Å². The zero-order chi connectivity index (χ0) is 16.1.